The van der Waals surface area contributed by atoms with E-state index in [1.165, 1.54) is 0 Å². The molecule has 0 spiro atoms. The van der Waals surface area contributed by atoms with E-state index in [4.69, 9.17) is 10.8 Å². The first-order valence-corrected chi connectivity index (χ1v) is 4.02. The minimum absolute atomic E-state index is 0.280. The molecule has 0 bridgehead atoms. The molecule has 0 aromatic heterocycles. The largest absolute Gasteiger partial charge is 0.465 e. The number of rotatable bonds is 1. The van der Waals surface area contributed by atoms with E-state index in [1.807, 2.05) is 5.32 Å². The Morgan fingerprint density at radius 2 is 2.15 bits per heavy atom. The van der Waals surface area contributed by atoms with Crippen LogP contribution in [0.1, 0.15) is 19.3 Å². The summed E-state index contributed by atoms with van der Waals surface area (Å²) in [4.78, 5) is 10.2. The third-order valence-corrected chi connectivity index (χ3v) is 2.02. The highest BCUT2D eigenvalue weighted by Crippen LogP contribution is 2.32. The predicted molar refractivity (Wildman–Crippen MR) is 41.7 cm³/mol. The van der Waals surface area contributed by atoms with Gasteiger partial charge >= 0.3 is 6.09 Å². The minimum Gasteiger partial charge on any atom is -0.465 e. The van der Waals surface area contributed by atoms with Crippen molar-refractivity contribution in [1.29, 1.82) is 0 Å². The van der Waals surface area contributed by atoms with Crippen molar-refractivity contribution in [3.8, 4) is 0 Å². The number of amides is 1. The summed E-state index contributed by atoms with van der Waals surface area (Å²) in [6.45, 7) is 0. The SMILES string of the molecule is N[C@H]1C[C@@H](NC(=O)O)CC(F)(F)C1. The summed E-state index contributed by atoms with van der Waals surface area (Å²) in [7, 11) is 0. The number of nitrogens with two attached hydrogens (primary N) is 1. The zero-order valence-corrected chi connectivity index (χ0v) is 6.96. The third-order valence-electron chi connectivity index (χ3n) is 2.02. The lowest BCUT2D eigenvalue weighted by Gasteiger charge is -2.32. The number of carbonyl (C=O) groups is 1. The molecule has 1 aliphatic rings. The van der Waals surface area contributed by atoms with E-state index in [0.717, 1.165) is 0 Å². The summed E-state index contributed by atoms with van der Waals surface area (Å²) in [5.41, 5.74) is 5.36. The molecule has 0 heterocycles. The highest BCUT2D eigenvalue weighted by Gasteiger charge is 2.40. The van der Waals surface area contributed by atoms with Gasteiger partial charge in [-0.3, -0.25) is 0 Å². The molecule has 0 aliphatic heterocycles. The molecule has 1 rings (SSSR count). The second-order valence-corrected chi connectivity index (χ2v) is 3.41. The van der Waals surface area contributed by atoms with Crippen molar-refractivity contribution in [2.75, 3.05) is 0 Å². The van der Waals surface area contributed by atoms with Crippen molar-refractivity contribution < 1.29 is 18.7 Å². The Morgan fingerprint density at radius 1 is 1.54 bits per heavy atom. The van der Waals surface area contributed by atoms with E-state index < -0.39 is 30.5 Å². The van der Waals surface area contributed by atoms with Crippen LogP contribution in [-0.4, -0.2) is 29.2 Å². The average Bonchev–Trinajstić information content (AvgIpc) is 1.78. The van der Waals surface area contributed by atoms with Crippen molar-refractivity contribution in [2.24, 2.45) is 5.73 Å². The molecule has 0 radical (unpaired) electrons. The zero-order valence-electron chi connectivity index (χ0n) is 6.96. The number of nitrogens with one attached hydrogen (secondary N) is 1. The molecule has 4 N–H and O–H groups in total. The maximum absolute atomic E-state index is 12.8. The van der Waals surface area contributed by atoms with Crippen molar-refractivity contribution in [3.05, 3.63) is 0 Å². The quantitative estimate of drug-likeness (QED) is 0.577. The Balaban J connectivity index is 2.52. The molecular formula is C7H12F2N2O2. The highest BCUT2D eigenvalue weighted by atomic mass is 19.3. The van der Waals surface area contributed by atoms with E-state index in [2.05, 4.69) is 0 Å². The lowest BCUT2D eigenvalue weighted by atomic mass is 9.88. The fraction of sp³-hybridized carbons (Fsp3) is 0.857. The van der Waals surface area contributed by atoms with Crippen LogP contribution in [0.4, 0.5) is 13.6 Å². The molecular weight excluding hydrogens is 182 g/mol. The minimum atomic E-state index is -2.84. The van der Waals surface area contributed by atoms with Gasteiger partial charge in [0.25, 0.3) is 5.92 Å². The van der Waals surface area contributed by atoms with Gasteiger partial charge in [0.1, 0.15) is 0 Å². The molecule has 0 unspecified atom stereocenters. The molecule has 0 aromatic rings. The standard InChI is InChI=1S/C7H12F2N2O2/c8-7(9)2-4(10)1-5(3-7)11-6(12)13/h4-5,11H,1-3,10H2,(H,12,13)/t4-,5+/m0/s1. The van der Waals surface area contributed by atoms with Crippen molar-refractivity contribution in [2.45, 2.75) is 37.3 Å². The van der Waals surface area contributed by atoms with Gasteiger partial charge in [0.2, 0.25) is 0 Å². The van der Waals surface area contributed by atoms with E-state index in [0.29, 0.717) is 0 Å². The van der Waals surface area contributed by atoms with Gasteiger partial charge in [-0.1, -0.05) is 0 Å². The second kappa shape index (κ2) is 3.45. The lowest BCUT2D eigenvalue weighted by Crippen LogP contribution is -2.48. The number of hydrogen-bond donors (Lipinski definition) is 3. The normalized spacial score (nSPS) is 32.5. The third kappa shape index (κ3) is 3.14. The molecule has 0 saturated heterocycles. The van der Waals surface area contributed by atoms with E-state index in [9.17, 15) is 13.6 Å². The van der Waals surface area contributed by atoms with Crippen molar-refractivity contribution in [3.63, 3.8) is 0 Å². The molecule has 1 saturated carbocycles. The van der Waals surface area contributed by atoms with Gasteiger partial charge in [-0.25, -0.2) is 13.6 Å². The molecule has 6 heteroatoms. The Hall–Kier alpha value is -0.910. The van der Waals surface area contributed by atoms with Gasteiger partial charge in [0.05, 0.1) is 0 Å². The fourth-order valence-electron chi connectivity index (χ4n) is 1.64. The van der Waals surface area contributed by atoms with Crippen LogP contribution in [0.25, 0.3) is 0 Å². The molecule has 1 fully saturated rings. The van der Waals surface area contributed by atoms with Gasteiger partial charge < -0.3 is 16.2 Å². The van der Waals surface area contributed by atoms with Crippen LogP contribution in [-0.2, 0) is 0 Å². The first-order valence-electron chi connectivity index (χ1n) is 4.02. The molecule has 1 aliphatic carbocycles. The number of hydrogen-bond acceptors (Lipinski definition) is 2. The van der Waals surface area contributed by atoms with Crippen LogP contribution in [0, 0.1) is 0 Å². The van der Waals surface area contributed by atoms with Crippen LogP contribution in [0.5, 0.6) is 0 Å². The van der Waals surface area contributed by atoms with E-state index in [1.54, 1.807) is 0 Å². The van der Waals surface area contributed by atoms with Crippen LogP contribution in [0.15, 0.2) is 0 Å². The Morgan fingerprint density at radius 3 is 2.62 bits per heavy atom. The maximum Gasteiger partial charge on any atom is 0.404 e. The summed E-state index contributed by atoms with van der Waals surface area (Å²) in [6.07, 6.45) is -1.81. The van der Waals surface area contributed by atoms with Crippen LogP contribution < -0.4 is 11.1 Å². The first-order chi connectivity index (χ1) is 5.89. The van der Waals surface area contributed by atoms with E-state index >= 15 is 0 Å². The topological polar surface area (TPSA) is 75.3 Å². The molecule has 0 aromatic carbocycles. The predicted octanol–water partition coefficient (Wildman–Crippen LogP) is 0.769. The highest BCUT2D eigenvalue weighted by molar-refractivity contribution is 5.64. The summed E-state index contributed by atoms with van der Waals surface area (Å²) in [6, 6.07) is -1.35. The summed E-state index contributed by atoms with van der Waals surface area (Å²) in [5, 5.41) is 10.3. The zero-order chi connectivity index (χ0) is 10.1. The molecule has 4 nitrogen and oxygen atoms in total. The Kier molecular flexibility index (Phi) is 2.70. The van der Waals surface area contributed by atoms with Gasteiger partial charge in [-0.15, -0.1) is 0 Å². The molecule has 13 heavy (non-hydrogen) atoms. The monoisotopic (exact) mass is 194 g/mol. The van der Waals surface area contributed by atoms with Gasteiger partial charge in [-0.05, 0) is 6.42 Å². The number of alkyl halides is 2. The molecule has 2 atom stereocenters. The van der Waals surface area contributed by atoms with Crippen LogP contribution in [0.2, 0.25) is 0 Å². The van der Waals surface area contributed by atoms with Crippen LogP contribution >= 0.6 is 0 Å². The van der Waals surface area contributed by atoms with Gasteiger partial charge in [-0.2, -0.15) is 0 Å². The van der Waals surface area contributed by atoms with Gasteiger partial charge in [0, 0.05) is 24.9 Å². The van der Waals surface area contributed by atoms with Crippen LogP contribution in [0.3, 0.4) is 0 Å². The van der Waals surface area contributed by atoms with Gasteiger partial charge in [0.15, 0.2) is 0 Å². The molecule has 76 valence electrons. The Bertz CT molecular complexity index is 211. The summed E-state index contributed by atoms with van der Waals surface area (Å²) < 4.78 is 25.7. The number of halogens is 2. The fourth-order valence-corrected chi connectivity index (χ4v) is 1.64. The average molecular weight is 194 g/mol. The number of carboxylic acid groups (broad SMARTS) is 1. The summed E-state index contributed by atoms with van der Waals surface area (Å²) >= 11 is 0. The maximum atomic E-state index is 12.8. The van der Waals surface area contributed by atoms with E-state index in [-0.39, 0.29) is 12.8 Å². The molecule has 1 amide bonds. The second-order valence-electron chi connectivity index (χ2n) is 3.41. The first kappa shape index (κ1) is 10.2. The summed E-state index contributed by atoms with van der Waals surface area (Å²) in [5.74, 6) is -2.84. The van der Waals surface area contributed by atoms with Crippen molar-refractivity contribution >= 4 is 6.09 Å². The van der Waals surface area contributed by atoms with Crippen molar-refractivity contribution in [1.82, 2.24) is 5.32 Å². The Labute approximate surface area is 74.1 Å². The lowest BCUT2D eigenvalue weighted by molar-refractivity contribution is -0.0491. The smallest absolute Gasteiger partial charge is 0.404 e.